The van der Waals surface area contributed by atoms with Gasteiger partial charge in [-0.25, -0.2) is 0 Å². The van der Waals surface area contributed by atoms with Gasteiger partial charge in [0.15, 0.2) is 11.7 Å². The van der Waals surface area contributed by atoms with Crippen molar-refractivity contribution in [2.75, 3.05) is 13.2 Å². The van der Waals surface area contributed by atoms with E-state index in [1.165, 1.54) is 38.3 Å². The molecule has 31 heavy (non-hydrogen) atoms. The van der Waals surface area contributed by atoms with Crippen molar-refractivity contribution in [3.05, 3.63) is 60.2 Å². The van der Waals surface area contributed by atoms with E-state index in [9.17, 15) is 5.11 Å². The third kappa shape index (κ3) is 9.41. The van der Waals surface area contributed by atoms with E-state index < -0.39 is 6.10 Å². The number of aromatic nitrogens is 2. The topological polar surface area (TPSA) is 164 Å². The second-order valence-electron chi connectivity index (χ2n) is 7.14. The molecule has 1 aliphatic rings. The summed E-state index contributed by atoms with van der Waals surface area (Å²) in [5.41, 5.74) is 12.3. The van der Waals surface area contributed by atoms with E-state index in [-0.39, 0.29) is 18.3 Å². The fraction of sp³-hybridized carbons (Fsp3) is 0.429. The quantitative estimate of drug-likeness (QED) is 0.181. The van der Waals surface area contributed by atoms with Crippen LogP contribution in [0.25, 0.3) is 0 Å². The molecule has 10 nitrogen and oxygen atoms in total. The van der Waals surface area contributed by atoms with Crippen molar-refractivity contribution in [2.45, 2.75) is 44.2 Å². The number of aliphatic hydroxyl groups excluding tert-OH is 1. The number of nitrogens with two attached hydrogens (primary N) is 2. The Labute approximate surface area is 182 Å². The van der Waals surface area contributed by atoms with Crippen molar-refractivity contribution in [1.82, 2.24) is 15.3 Å². The molecular weight excluding hydrogens is 398 g/mol. The van der Waals surface area contributed by atoms with E-state index in [1.54, 1.807) is 42.9 Å². The van der Waals surface area contributed by atoms with Crippen LogP contribution >= 0.6 is 0 Å². The lowest BCUT2D eigenvalue weighted by Gasteiger charge is -2.23. The van der Waals surface area contributed by atoms with E-state index in [2.05, 4.69) is 25.6 Å². The molecule has 1 fully saturated rings. The van der Waals surface area contributed by atoms with Gasteiger partial charge in [-0.1, -0.05) is 29.6 Å². The van der Waals surface area contributed by atoms with E-state index in [4.69, 9.17) is 21.5 Å². The molecule has 0 spiro atoms. The van der Waals surface area contributed by atoms with Crippen LogP contribution in [0.3, 0.4) is 0 Å². The minimum atomic E-state index is -0.586. The van der Waals surface area contributed by atoms with Crippen LogP contribution in [0.2, 0.25) is 0 Å². The van der Waals surface area contributed by atoms with E-state index in [1.807, 2.05) is 0 Å². The lowest BCUT2D eigenvalue weighted by Crippen LogP contribution is -2.38. The van der Waals surface area contributed by atoms with E-state index in [0.717, 1.165) is 0 Å². The van der Waals surface area contributed by atoms with Crippen LogP contribution < -0.4 is 16.8 Å². The summed E-state index contributed by atoms with van der Waals surface area (Å²) in [6.45, 7) is 0.646. The molecule has 0 amide bonds. The molecule has 0 saturated heterocycles. The van der Waals surface area contributed by atoms with Crippen LogP contribution in [0.5, 0.6) is 0 Å². The summed E-state index contributed by atoms with van der Waals surface area (Å²) in [6.07, 6.45) is 12.1. The minimum absolute atomic E-state index is 0.0769. The fourth-order valence-corrected chi connectivity index (χ4v) is 3.00. The number of hydrogen-bond donors (Lipinski definition) is 5. The predicted molar refractivity (Wildman–Crippen MR) is 119 cm³/mol. The predicted octanol–water partition coefficient (Wildman–Crippen LogP) is 1.18. The molecule has 1 saturated carbocycles. The number of amidine groups is 2. The maximum Gasteiger partial charge on any atom is 0.171 e. The van der Waals surface area contributed by atoms with Crippen molar-refractivity contribution in [3.8, 4) is 0 Å². The van der Waals surface area contributed by atoms with Gasteiger partial charge in [0.1, 0.15) is 12.7 Å². The number of aliphatic hydroxyl groups is 1. The highest BCUT2D eigenvalue weighted by Gasteiger charge is 2.14. The van der Waals surface area contributed by atoms with Crippen molar-refractivity contribution in [3.63, 3.8) is 0 Å². The molecular formula is C21H31N7O3. The maximum absolute atomic E-state index is 9.85. The van der Waals surface area contributed by atoms with Crippen molar-refractivity contribution >= 4 is 11.7 Å². The molecule has 10 heteroatoms. The third-order valence-electron chi connectivity index (χ3n) is 4.70. The lowest BCUT2D eigenvalue weighted by atomic mass is 9.95. The molecule has 1 aliphatic carbocycles. The molecule has 0 aromatic carbocycles. The summed E-state index contributed by atoms with van der Waals surface area (Å²) < 4.78 is 0. The van der Waals surface area contributed by atoms with Gasteiger partial charge >= 0.3 is 0 Å². The normalized spacial score (nSPS) is 16.2. The van der Waals surface area contributed by atoms with Gasteiger partial charge in [0.05, 0.1) is 0 Å². The highest BCUT2D eigenvalue weighted by atomic mass is 16.6. The summed E-state index contributed by atoms with van der Waals surface area (Å²) in [4.78, 5) is 12.8. The Balaban J connectivity index is 0.000000285. The first kappa shape index (κ1) is 24.0. The van der Waals surface area contributed by atoms with Crippen LogP contribution in [-0.4, -0.2) is 57.3 Å². The number of pyridine rings is 2. The molecule has 168 valence electrons. The van der Waals surface area contributed by atoms with Gasteiger partial charge in [-0.05, 0) is 37.1 Å². The Morgan fingerprint density at radius 2 is 1.68 bits per heavy atom. The molecule has 2 aromatic rings. The number of nitrogens with one attached hydrogen (secondary N) is 1. The van der Waals surface area contributed by atoms with Gasteiger partial charge < -0.3 is 31.9 Å². The summed E-state index contributed by atoms with van der Waals surface area (Å²) in [6, 6.07) is 7.53. The second-order valence-corrected chi connectivity index (χ2v) is 7.14. The van der Waals surface area contributed by atoms with Gasteiger partial charge in [0.2, 0.25) is 0 Å². The number of hydrogen-bond acceptors (Lipinski definition) is 8. The Bertz CT molecular complexity index is 797. The van der Waals surface area contributed by atoms with Crippen LogP contribution in [0.15, 0.2) is 59.4 Å². The molecule has 7 N–H and O–H groups in total. The Morgan fingerprint density at radius 1 is 1.06 bits per heavy atom. The average molecular weight is 430 g/mol. The lowest BCUT2D eigenvalue weighted by molar-refractivity contribution is 0.0381. The number of rotatable bonds is 8. The molecule has 0 aliphatic heterocycles. The molecule has 2 aromatic heterocycles. The van der Waals surface area contributed by atoms with Gasteiger partial charge in [-0.2, -0.15) is 0 Å². The van der Waals surface area contributed by atoms with Gasteiger partial charge in [-0.15, -0.1) is 0 Å². The van der Waals surface area contributed by atoms with E-state index >= 15 is 0 Å². The summed E-state index contributed by atoms with van der Waals surface area (Å²) in [5, 5.41) is 28.1. The van der Waals surface area contributed by atoms with E-state index in [0.29, 0.717) is 23.7 Å². The minimum Gasteiger partial charge on any atom is -0.409 e. The average Bonchev–Trinajstić information content (AvgIpc) is 2.84. The summed E-state index contributed by atoms with van der Waals surface area (Å²) in [5.74, 6) is 0.337. The molecule has 0 radical (unpaired) electrons. The second kappa shape index (κ2) is 13.9. The zero-order valence-electron chi connectivity index (χ0n) is 17.5. The van der Waals surface area contributed by atoms with Gasteiger partial charge in [-0.3, -0.25) is 9.97 Å². The Kier molecular flexibility index (Phi) is 10.8. The van der Waals surface area contributed by atoms with Gasteiger partial charge in [0.25, 0.3) is 0 Å². The standard InChI is InChI=1S/C15H24N4O2.C6H7N3O/c16-15(12-5-4-8-17-9-12)19-21-11-14(20)10-18-13-6-2-1-3-7-13;7-6(9-10)5-2-1-3-8-4-5/h4-5,8-9,13-14,18,20H,1-3,6-7,10-11H2,(H2,16,19);1-4,10H,(H2,7,9). The Morgan fingerprint density at radius 3 is 2.23 bits per heavy atom. The summed E-state index contributed by atoms with van der Waals surface area (Å²) in [7, 11) is 0. The molecule has 1 atom stereocenters. The molecule has 2 heterocycles. The number of nitrogens with zero attached hydrogens (tertiary/aromatic N) is 4. The highest BCUT2D eigenvalue weighted by Crippen LogP contribution is 2.17. The van der Waals surface area contributed by atoms with Crippen molar-refractivity contribution in [1.29, 1.82) is 0 Å². The van der Waals surface area contributed by atoms with Crippen molar-refractivity contribution in [2.24, 2.45) is 21.8 Å². The fourth-order valence-electron chi connectivity index (χ4n) is 3.00. The van der Waals surface area contributed by atoms with Crippen LogP contribution in [-0.2, 0) is 4.84 Å². The van der Waals surface area contributed by atoms with Crippen LogP contribution in [0, 0.1) is 0 Å². The SMILES string of the molecule is NC(=NO)c1cccnc1.NC(=NOCC(O)CNC1CCCCC1)c1cccnc1. The highest BCUT2D eigenvalue weighted by molar-refractivity contribution is 5.97. The van der Waals surface area contributed by atoms with Crippen LogP contribution in [0.1, 0.15) is 43.2 Å². The first-order valence-corrected chi connectivity index (χ1v) is 10.3. The zero-order valence-corrected chi connectivity index (χ0v) is 17.5. The zero-order chi connectivity index (χ0) is 22.3. The first-order chi connectivity index (χ1) is 15.1. The first-order valence-electron chi connectivity index (χ1n) is 10.3. The number of oxime groups is 2. The van der Waals surface area contributed by atoms with Crippen molar-refractivity contribution < 1.29 is 15.2 Å². The maximum atomic E-state index is 9.85. The molecule has 0 bridgehead atoms. The Hall–Kier alpha value is -3.24. The molecule has 1 unspecified atom stereocenters. The monoisotopic (exact) mass is 429 g/mol. The molecule has 3 rings (SSSR count). The smallest absolute Gasteiger partial charge is 0.171 e. The largest absolute Gasteiger partial charge is 0.409 e. The van der Waals surface area contributed by atoms with Crippen LogP contribution in [0.4, 0.5) is 0 Å². The van der Waals surface area contributed by atoms with Gasteiger partial charge in [0, 0.05) is 48.5 Å². The third-order valence-corrected chi connectivity index (χ3v) is 4.70. The summed E-state index contributed by atoms with van der Waals surface area (Å²) >= 11 is 0.